The number of amides is 1. The second-order valence-corrected chi connectivity index (χ2v) is 6.61. The van der Waals surface area contributed by atoms with Crippen LogP contribution in [-0.2, 0) is 6.54 Å². The van der Waals surface area contributed by atoms with E-state index in [-0.39, 0.29) is 24.0 Å². The van der Waals surface area contributed by atoms with Gasteiger partial charge in [0.25, 0.3) is 5.91 Å². The highest BCUT2D eigenvalue weighted by Crippen LogP contribution is 2.33. The fourth-order valence-electron chi connectivity index (χ4n) is 3.47. The molecular formula is C20H22N2O5. The molecule has 0 saturated carbocycles. The number of fused-ring (bicyclic) bond motifs is 1. The number of hydrogen-bond donors (Lipinski definition) is 1. The molecule has 0 atom stereocenters. The predicted molar refractivity (Wildman–Crippen MR) is 98.4 cm³/mol. The lowest BCUT2D eigenvalue weighted by molar-refractivity contribution is 0.0622. The molecule has 1 fully saturated rings. The van der Waals surface area contributed by atoms with Crippen LogP contribution in [0.25, 0.3) is 0 Å². The van der Waals surface area contributed by atoms with E-state index in [1.54, 1.807) is 17.0 Å². The number of aromatic hydroxyl groups is 1. The minimum atomic E-state index is -0.201. The maximum absolute atomic E-state index is 12.8. The summed E-state index contributed by atoms with van der Waals surface area (Å²) in [5.41, 5.74) is 1.38. The van der Waals surface area contributed by atoms with E-state index in [1.807, 2.05) is 18.2 Å². The Morgan fingerprint density at radius 2 is 1.89 bits per heavy atom. The Hall–Kier alpha value is -2.93. The van der Waals surface area contributed by atoms with E-state index in [2.05, 4.69) is 4.90 Å². The molecule has 0 spiro atoms. The molecular weight excluding hydrogens is 348 g/mol. The van der Waals surface area contributed by atoms with Crippen LogP contribution in [0.3, 0.4) is 0 Å². The largest absolute Gasteiger partial charge is 0.507 e. The van der Waals surface area contributed by atoms with Crippen molar-refractivity contribution >= 4 is 5.91 Å². The first-order valence-electron chi connectivity index (χ1n) is 8.92. The first-order chi connectivity index (χ1) is 13.2. The van der Waals surface area contributed by atoms with Gasteiger partial charge in [-0.15, -0.1) is 0 Å². The van der Waals surface area contributed by atoms with Gasteiger partial charge < -0.3 is 24.2 Å². The molecule has 2 aliphatic heterocycles. The number of ether oxygens (including phenoxy) is 3. The fraction of sp³-hybridized carbons (Fsp3) is 0.350. The SMILES string of the molecule is COc1cccc(O)c1C(=O)N1CCN(Cc2ccc3c(c2)OCO3)CC1. The van der Waals surface area contributed by atoms with Crippen LogP contribution in [-0.4, -0.2) is 60.9 Å². The summed E-state index contributed by atoms with van der Waals surface area (Å²) in [5, 5.41) is 10.1. The summed E-state index contributed by atoms with van der Waals surface area (Å²) in [4.78, 5) is 16.9. The number of carbonyl (C=O) groups is 1. The molecule has 0 radical (unpaired) electrons. The van der Waals surface area contributed by atoms with Crippen LogP contribution in [0.15, 0.2) is 36.4 Å². The summed E-state index contributed by atoms with van der Waals surface area (Å²) < 4.78 is 16.0. The van der Waals surface area contributed by atoms with Crippen LogP contribution in [0.1, 0.15) is 15.9 Å². The van der Waals surface area contributed by atoms with Crippen molar-refractivity contribution in [3.05, 3.63) is 47.5 Å². The molecule has 142 valence electrons. The Morgan fingerprint density at radius 3 is 2.67 bits per heavy atom. The highest BCUT2D eigenvalue weighted by molar-refractivity contribution is 5.99. The van der Waals surface area contributed by atoms with E-state index in [9.17, 15) is 9.90 Å². The zero-order valence-electron chi connectivity index (χ0n) is 15.2. The molecule has 1 amide bonds. The molecule has 27 heavy (non-hydrogen) atoms. The van der Waals surface area contributed by atoms with Gasteiger partial charge >= 0.3 is 0 Å². The van der Waals surface area contributed by atoms with Crippen molar-refractivity contribution in [1.29, 1.82) is 0 Å². The van der Waals surface area contributed by atoms with Gasteiger partial charge in [0.2, 0.25) is 6.79 Å². The van der Waals surface area contributed by atoms with Crippen molar-refractivity contribution < 1.29 is 24.1 Å². The van der Waals surface area contributed by atoms with Crippen molar-refractivity contribution in [3.63, 3.8) is 0 Å². The number of carbonyl (C=O) groups excluding carboxylic acids is 1. The molecule has 1 N–H and O–H groups in total. The molecule has 7 nitrogen and oxygen atoms in total. The molecule has 7 heteroatoms. The van der Waals surface area contributed by atoms with Crippen LogP contribution in [0.4, 0.5) is 0 Å². The predicted octanol–water partition coefficient (Wildman–Crippen LogP) is 2.09. The number of rotatable bonds is 4. The summed E-state index contributed by atoms with van der Waals surface area (Å²) in [5.74, 6) is 1.70. The number of methoxy groups -OCH3 is 1. The molecule has 0 aliphatic carbocycles. The van der Waals surface area contributed by atoms with Gasteiger partial charge in [-0.25, -0.2) is 0 Å². The second kappa shape index (κ2) is 7.36. The fourth-order valence-corrected chi connectivity index (χ4v) is 3.47. The maximum atomic E-state index is 12.8. The zero-order valence-corrected chi connectivity index (χ0v) is 15.2. The zero-order chi connectivity index (χ0) is 18.8. The number of phenols is 1. The number of piperazine rings is 1. The summed E-state index contributed by atoms with van der Waals surface area (Å²) >= 11 is 0. The molecule has 2 aromatic rings. The van der Waals surface area contributed by atoms with Crippen LogP contribution >= 0.6 is 0 Å². The first kappa shape index (κ1) is 17.5. The highest BCUT2D eigenvalue weighted by Gasteiger charge is 2.26. The average molecular weight is 370 g/mol. The molecule has 2 aliphatic rings. The Bertz CT molecular complexity index is 846. The van der Waals surface area contributed by atoms with Crippen molar-refractivity contribution in [2.75, 3.05) is 40.1 Å². The third-order valence-corrected chi connectivity index (χ3v) is 4.94. The monoisotopic (exact) mass is 370 g/mol. The summed E-state index contributed by atoms with van der Waals surface area (Å²) in [6.45, 7) is 3.78. The molecule has 2 aromatic carbocycles. The van der Waals surface area contributed by atoms with Gasteiger partial charge in [-0.05, 0) is 29.8 Å². The Labute approximate surface area is 157 Å². The topological polar surface area (TPSA) is 71.5 Å². The lowest BCUT2D eigenvalue weighted by Crippen LogP contribution is -2.48. The minimum Gasteiger partial charge on any atom is -0.507 e. The van der Waals surface area contributed by atoms with Crippen LogP contribution in [0.5, 0.6) is 23.0 Å². The van der Waals surface area contributed by atoms with E-state index in [0.29, 0.717) is 18.8 Å². The van der Waals surface area contributed by atoms with Crippen molar-refractivity contribution in [2.45, 2.75) is 6.54 Å². The van der Waals surface area contributed by atoms with E-state index >= 15 is 0 Å². The minimum absolute atomic E-state index is 0.0536. The highest BCUT2D eigenvalue weighted by atomic mass is 16.7. The van der Waals surface area contributed by atoms with Gasteiger partial charge in [-0.1, -0.05) is 12.1 Å². The average Bonchev–Trinajstić information content (AvgIpc) is 3.15. The van der Waals surface area contributed by atoms with Gasteiger partial charge in [0.15, 0.2) is 11.5 Å². The number of nitrogens with zero attached hydrogens (tertiary/aromatic N) is 2. The van der Waals surface area contributed by atoms with Gasteiger partial charge in [0.1, 0.15) is 17.1 Å². The van der Waals surface area contributed by atoms with Crippen LogP contribution in [0, 0.1) is 0 Å². The van der Waals surface area contributed by atoms with Gasteiger partial charge in [0.05, 0.1) is 7.11 Å². The Morgan fingerprint density at radius 1 is 1.11 bits per heavy atom. The van der Waals surface area contributed by atoms with Gasteiger partial charge in [-0.3, -0.25) is 9.69 Å². The quantitative estimate of drug-likeness (QED) is 0.889. The van der Waals surface area contributed by atoms with Gasteiger partial charge in [0, 0.05) is 32.7 Å². The number of hydrogen-bond acceptors (Lipinski definition) is 6. The smallest absolute Gasteiger partial charge is 0.261 e. The third-order valence-electron chi connectivity index (χ3n) is 4.94. The van der Waals surface area contributed by atoms with E-state index < -0.39 is 0 Å². The second-order valence-electron chi connectivity index (χ2n) is 6.61. The first-order valence-corrected chi connectivity index (χ1v) is 8.92. The van der Waals surface area contributed by atoms with Crippen LogP contribution < -0.4 is 14.2 Å². The van der Waals surface area contributed by atoms with Crippen molar-refractivity contribution in [3.8, 4) is 23.0 Å². The molecule has 0 bridgehead atoms. The Balaban J connectivity index is 1.38. The maximum Gasteiger partial charge on any atom is 0.261 e. The lowest BCUT2D eigenvalue weighted by Gasteiger charge is -2.35. The van der Waals surface area contributed by atoms with Crippen LogP contribution in [0.2, 0.25) is 0 Å². The summed E-state index contributed by atoms with van der Waals surface area (Å²) in [7, 11) is 1.49. The standard InChI is InChI=1S/C20H22N2O5/c1-25-17-4-2-3-15(23)19(17)20(24)22-9-7-21(8-10-22)12-14-5-6-16-18(11-14)27-13-26-16/h2-6,11,23H,7-10,12-13H2,1H3. The van der Waals surface area contributed by atoms with Crippen molar-refractivity contribution in [1.82, 2.24) is 9.80 Å². The summed E-state index contributed by atoms with van der Waals surface area (Å²) in [6.07, 6.45) is 0. The number of benzene rings is 2. The molecule has 2 heterocycles. The normalized spacial score (nSPS) is 16.4. The van der Waals surface area contributed by atoms with E-state index in [0.717, 1.165) is 36.7 Å². The summed E-state index contributed by atoms with van der Waals surface area (Å²) in [6, 6.07) is 10.8. The molecule has 4 rings (SSSR count). The molecule has 1 saturated heterocycles. The van der Waals surface area contributed by atoms with E-state index in [1.165, 1.54) is 13.2 Å². The molecule has 0 aromatic heterocycles. The van der Waals surface area contributed by atoms with Crippen molar-refractivity contribution in [2.24, 2.45) is 0 Å². The van der Waals surface area contributed by atoms with Gasteiger partial charge in [-0.2, -0.15) is 0 Å². The Kier molecular flexibility index (Phi) is 4.77. The molecule has 0 unspecified atom stereocenters. The van der Waals surface area contributed by atoms with E-state index in [4.69, 9.17) is 14.2 Å². The third kappa shape index (κ3) is 3.50. The lowest BCUT2D eigenvalue weighted by atomic mass is 10.1. The number of phenolic OH excluding ortho intramolecular Hbond substituents is 1.